The third-order valence-electron chi connectivity index (χ3n) is 5.56. The number of carbonyl (C=O) groups excluding carboxylic acids is 2. The van der Waals surface area contributed by atoms with E-state index in [1.165, 1.54) is 12.1 Å². The summed E-state index contributed by atoms with van der Waals surface area (Å²) >= 11 is 0. The van der Waals surface area contributed by atoms with Gasteiger partial charge in [0, 0.05) is 42.3 Å². The van der Waals surface area contributed by atoms with Crippen molar-refractivity contribution in [2.75, 3.05) is 11.9 Å². The first-order valence-electron chi connectivity index (χ1n) is 10.8. The van der Waals surface area contributed by atoms with Crippen molar-refractivity contribution in [3.8, 4) is 11.3 Å². The molecule has 4 aromatic rings. The maximum Gasteiger partial charge on any atom is 0.256 e. The minimum absolute atomic E-state index is 0.0282. The first-order valence-corrected chi connectivity index (χ1v) is 10.8. The molecule has 5 rings (SSSR count). The number of fused-ring (bicyclic) bond motifs is 1. The Kier molecular flexibility index (Phi) is 5.78. The molecule has 1 aliphatic heterocycles. The Morgan fingerprint density at radius 2 is 2.06 bits per heavy atom. The highest BCUT2D eigenvalue weighted by Crippen LogP contribution is 2.33. The number of amides is 2. The molecule has 34 heavy (non-hydrogen) atoms. The molecule has 2 N–H and O–H groups in total. The summed E-state index contributed by atoms with van der Waals surface area (Å²) in [5.74, 6) is -0.400. The molecular weight excluding hydrogens is 435 g/mol. The molecule has 0 aliphatic carbocycles. The normalized spacial score (nSPS) is 13.7. The zero-order chi connectivity index (χ0) is 23.5. The van der Waals surface area contributed by atoms with Gasteiger partial charge in [-0.05, 0) is 42.8 Å². The van der Waals surface area contributed by atoms with Crippen LogP contribution in [-0.2, 0) is 11.3 Å². The van der Waals surface area contributed by atoms with Crippen LogP contribution in [0.3, 0.4) is 0 Å². The highest BCUT2D eigenvalue weighted by atomic mass is 19.1. The zero-order valence-corrected chi connectivity index (χ0v) is 18.1. The third-order valence-corrected chi connectivity index (χ3v) is 5.56. The zero-order valence-electron chi connectivity index (χ0n) is 18.1. The molecule has 0 fully saturated rings. The molecule has 0 radical (unpaired) electrons. The number of furan rings is 1. The van der Waals surface area contributed by atoms with E-state index in [0.29, 0.717) is 42.2 Å². The lowest BCUT2D eigenvalue weighted by Gasteiger charge is -2.07. The molecule has 0 saturated heterocycles. The summed E-state index contributed by atoms with van der Waals surface area (Å²) in [5, 5.41) is 5.55. The van der Waals surface area contributed by atoms with Crippen LogP contribution >= 0.6 is 0 Å². The number of anilines is 1. The van der Waals surface area contributed by atoms with Crippen molar-refractivity contribution >= 4 is 29.2 Å². The monoisotopic (exact) mass is 456 g/mol. The molecule has 3 heterocycles. The number of hydrogen-bond donors (Lipinski definition) is 2. The summed E-state index contributed by atoms with van der Waals surface area (Å²) in [6.07, 6.45) is 7.61. The van der Waals surface area contributed by atoms with E-state index >= 15 is 0 Å². The van der Waals surface area contributed by atoms with Gasteiger partial charge in [0.15, 0.2) is 0 Å². The van der Waals surface area contributed by atoms with Crippen molar-refractivity contribution in [1.29, 1.82) is 0 Å². The van der Waals surface area contributed by atoms with Gasteiger partial charge in [-0.15, -0.1) is 0 Å². The van der Waals surface area contributed by atoms with E-state index < -0.39 is 11.7 Å². The van der Waals surface area contributed by atoms with E-state index in [4.69, 9.17) is 4.42 Å². The Morgan fingerprint density at radius 1 is 1.18 bits per heavy atom. The van der Waals surface area contributed by atoms with Crippen molar-refractivity contribution in [1.82, 2.24) is 14.9 Å². The second kappa shape index (κ2) is 9.19. The molecule has 0 bridgehead atoms. The van der Waals surface area contributed by atoms with E-state index in [1.54, 1.807) is 36.8 Å². The Bertz CT molecular complexity index is 1390. The van der Waals surface area contributed by atoms with Gasteiger partial charge in [-0.1, -0.05) is 24.3 Å². The standard InChI is InChI=1S/C26H21FN4O3/c27-22-14-17(6-8-20(22)25(32)29-10-3-12-31-13-11-28-16-31)24-9-7-18(34-24)15-21-19-4-1-2-5-23(19)30-26(21)33/h1-2,4-9,11,13-16H,3,10,12H2,(H,29,32)(H,30,33). The van der Waals surface area contributed by atoms with E-state index in [2.05, 4.69) is 15.6 Å². The molecular formula is C26H21FN4O3. The number of aryl methyl sites for hydroxylation is 1. The molecule has 8 heteroatoms. The van der Waals surface area contributed by atoms with Crippen molar-refractivity contribution in [2.24, 2.45) is 0 Å². The maximum absolute atomic E-state index is 14.7. The second-order valence-corrected chi connectivity index (χ2v) is 7.86. The fourth-order valence-corrected chi connectivity index (χ4v) is 3.84. The van der Waals surface area contributed by atoms with Crippen LogP contribution in [0.1, 0.15) is 28.1 Å². The van der Waals surface area contributed by atoms with Crippen LogP contribution in [0.4, 0.5) is 10.1 Å². The fraction of sp³-hybridized carbons (Fsp3) is 0.115. The molecule has 0 unspecified atom stereocenters. The number of hydrogen-bond acceptors (Lipinski definition) is 4. The van der Waals surface area contributed by atoms with Gasteiger partial charge in [0.25, 0.3) is 11.8 Å². The van der Waals surface area contributed by atoms with Gasteiger partial charge in [-0.2, -0.15) is 0 Å². The van der Waals surface area contributed by atoms with Crippen molar-refractivity contribution in [3.63, 3.8) is 0 Å². The highest BCUT2D eigenvalue weighted by Gasteiger charge is 2.24. The van der Waals surface area contributed by atoms with Crippen LogP contribution in [0.25, 0.3) is 23.0 Å². The Labute approximate surface area is 194 Å². The number of nitrogens with one attached hydrogen (secondary N) is 2. The van der Waals surface area contributed by atoms with Crippen molar-refractivity contribution < 1.29 is 18.4 Å². The molecule has 0 atom stereocenters. The SMILES string of the molecule is O=C1Nc2ccccc2C1=Cc1ccc(-c2ccc(C(=O)NCCCn3ccnc3)c(F)c2)o1. The average Bonchev–Trinajstić information content (AvgIpc) is 3.58. The highest BCUT2D eigenvalue weighted by molar-refractivity contribution is 6.34. The largest absolute Gasteiger partial charge is 0.457 e. The first-order chi connectivity index (χ1) is 16.6. The Morgan fingerprint density at radius 3 is 2.88 bits per heavy atom. The molecule has 2 aromatic heterocycles. The van der Waals surface area contributed by atoms with Crippen LogP contribution < -0.4 is 10.6 Å². The molecule has 0 saturated carbocycles. The molecule has 2 amide bonds. The smallest absolute Gasteiger partial charge is 0.256 e. The van der Waals surface area contributed by atoms with Gasteiger partial charge >= 0.3 is 0 Å². The van der Waals surface area contributed by atoms with Gasteiger partial charge in [-0.3, -0.25) is 9.59 Å². The lowest BCUT2D eigenvalue weighted by atomic mass is 10.1. The molecule has 2 aromatic carbocycles. The molecule has 170 valence electrons. The van der Waals surface area contributed by atoms with Crippen molar-refractivity contribution in [3.05, 3.63) is 96.0 Å². The van der Waals surface area contributed by atoms with Crippen LogP contribution in [0.2, 0.25) is 0 Å². The Balaban J connectivity index is 1.26. The number of para-hydroxylation sites is 1. The number of imidazole rings is 1. The fourth-order valence-electron chi connectivity index (χ4n) is 3.84. The summed E-state index contributed by atoms with van der Waals surface area (Å²) in [4.78, 5) is 28.6. The minimum atomic E-state index is -0.634. The summed E-state index contributed by atoms with van der Waals surface area (Å²) in [6, 6.07) is 15.2. The second-order valence-electron chi connectivity index (χ2n) is 7.86. The average molecular weight is 456 g/mol. The summed E-state index contributed by atoms with van der Waals surface area (Å²) in [6.45, 7) is 1.14. The summed E-state index contributed by atoms with van der Waals surface area (Å²) in [5.41, 5.74) is 2.53. The van der Waals surface area contributed by atoms with Crippen molar-refractivity contribution in [2.45, 2.75) is 13.0 Å². The maximum atomic E-state index is 14.7. The van der Waals surface area contributed by atoms with Gasteiger partial charge < -0.3 is 19.6 Å². The lowest BCUT2D eigenvalue weighted by molar-refractivity contribution is -0.110. The molecule has 0 spiro atoms. The van der Waals surface area contributed by atoms with Crippen LogP contribution in [-0.4, -0.2) is 27.9 Å². The van der Waals surface area contributed by atoms with Gasteiger partial charge in [0.05, 0.1) is 17.5 Å². The van der Waals surface area contributed by atoms with E-state index in [9.17, 15) is 14.0 Å². The quantitative estimate of drug-likeness (QED) is 0.314. The number of benzene rings is 2. The molecule has 7 nitrogen and oxygen atoms in total. The number of nitrogens with zero attached hydrogens (tertiary/aromatic N) is 2. The van der Waals surface area contributed by atoms with Crippen LogP contribution in [0, 0.1) is 5.82 Å². The van der Waals surface area contributed by atoms with Gasteiger partial charge in [0.1, 0.15) is 17.3 Å². The summed E-state index contributed by atoms with van der Waals surface area (Å²) in [7, 11) is 0. The topological polar surface area (TPSA) is 89.2 Å². The van der Waals surface area contributed by atoms with Gasteiger partial charge in [-0.25, -0.2) is 9.37 Å². The lowest BCUT2D eigenvalue weighted by Crippen LogP contribution is -2.26. The number of carbonyl (C=O) groups is 2. The van der Waals surface area contributed by atoms with E-state index in [1.807, 2.05) is 35.0 Å². The molecule has 1 aliphatic rings. The van der Waals surface area contributed by atoms with Crippen LogP contribution in [0.5, 0.6) is 0 Å². The number of aromatic nitrogens is 2. The predicted molar refractivity (Wildman–Crippen MR) is 126 cm³/mol. The summed E-state index contributed by atoms with van der Waals surface area (Å²) < 4.78 is 22.4. The van der Waals surface area contributed by atoms with E-state index in [-0.39, 0.29) is 11.5 Å². The number of rotatable bonds is 7. The Hall–Kier alpha value is -4.46. The minimum Gasteiger partial charge on any atom is -0.457 e. The predicted octanol–water partition coefficient (Wildman–Crippen LogP) is 4.60. The van der Waals surface area contributed by atoms with Gasteiger partial charge in [0.2, 0.25) is 0 Å². The first kappa shape index (κ1) is 21.4. The van der Waals surface area contributed by atoms with Crippen LogP contribution in [0.15, 0.2) is 77.7 Å². The van der Waals surface area contributed by atoms with E-state index in [0.717, 1.165) is 11.3 Å². The third kappa shape index (κ3) is 4.38. The number of halogens is 1.